The zero-order valence-corrected chi connectivity index (χ0v) is 12.4. The first kappa shape index (κ1) is 13.2. The lowest BCUT2D eigenvalue weighted by molar-refractivity contribution is 0.310. The standard InChI is InChI=1S/C18H27N/c1-14(2)13-18(11-4-12-19-18)17-9-7-16(8-10-17)15-5-3-6-15/h7-10,14-15,19H,3-6,11-13H2,1-2H3. The number of benzene rings is 1. The molecule has 0 aromatic heterocycles. The second-order valence-corrected chi connectivity index (χ2v) is 6.96. The average molecular weight is 257 g/mol. The van der Waals surface area contributed by atoms with Gasteiger partial charge in [0.15, 0.2) is 0 Å². The fourth-order valence-corrected chi connectivity index (χ4v) is 3.86. The van der Waals surface area contributed by atoms with E-state index in [9.17, 15) is 0 Å². The summed E-state index contributed by atoms with van der Waals surface area (Å²) in [6.45, 7) is 5.85. The molecule has 1 nitrogen and oxygen atoms in total. The van der Waals surface area contributed by atoms with Gasteiger partial charge in [-0.25, -0.2) is 0 Å². The van der Waals surface area contributed by atoms with E-state index in [4.69, 9.17) is 0 Å². The fraction of sp³-hybridized carbons (Fsp3) is 0.667. The molecule has 2 fully saturated rings. The molecule has 104 valence electrons. The van der Waals surface area contributed by atoms with Crippen LogP contribution in [0.15, 0.2) is 24.3 Å². The zero-order chi connectivity index (χ0) is 13.3. The number of hydrogen-bond acceptors (Lipinski definition) is 1. The fourth-order valence-electron chi connectivity index (χ4n) is 3.86. The molecule has 1 aliphatic heterocycles. The molecule has 1 aromatic rings. The highest BCUT2D eigenvalue weighted by Crippen LogP contribution is 2.40. The van der Waals surface area contributed by atoms with Gasteiger partial charge in [-0.3, -0.25) is 0 Å². The van der Waals surface area contributed by atoms with E-state index < -0.39 is 0 Å². The van der Waals surface area contributed by atoms with E-state index in [0.29, 0.717) is 0 Å². The molecule has 3 rings (SSSR count). The lowest BCUT2D eigenvalue weighted by Gasteiger charge is -2.33. The second-order valence-electron chi connectivity index (χ2n) is 6.96. The topological polar surface area (TPSA) is 12.0 Å². The summed E-state index contributed by atoms with van der Waals surface area (Å²) in [6, 6.07) is 9.57. The van der Waals surface area contributed by atoms with Gasteiger partial charge in [-0.05, 0) is 61.6 Å². The Hall–Kier alpha value is -0.820. The highest BCUT2D eigenvalue weighted by atomic mass is 15.0. The van der Waals surface area contributed by atoms with Gasteiger partial charge in [0.1, 0.15) is 0 Å². The number of rotatable bonds is 4. The highest BCUT2D eigenvalue weighted by molar-refractivity contribution is 5.32. The predicted octanol–water partition coefficient (Wildman–Crippen LogP) is 4.58. The average Bonchev–Trinajstić information content (AvgIpc) is 2.76. The van der Waals surface area contributed by atoms with E-state index in [1.165, 1.54) is 50.6 Å². The second kappa shape index (κ2) is 5.28. The molecule has 1 aromatic carbocycles. The molecule has 19 heavy (non-hydrogen) atoms. The van der Waals surface area contributed by atoms with E-state index in [1.54, 1.807) is 5.56 Å². The molecule has 1 N–H and O–H groups in total. The van der Waals surface area contributed by atoms with Gasteiger partial charge < -0.3 is 5.32 Å². The highest BCUT2D eigenvalue weighted by Gasteiger charge is 2.35. The zero-order valence-electron chi connectivity index (χ0n) is 12.4. The maximum Gasteiger partial charge on any atom is 0.0437 e. The minimum absolute atomic E-state index is 0.256. The van der Waals surface area contributed by atoms with Crippen LogP contribution in [0.4, 0.5) is 0 Å². The van der Waals surface area contributed by atoms with Crippen LogP contribution in [0.1, 0.15) is 69.4 Å². The third-order valence-electron chi connectivity index (χ3n) is 5.04. The molecule has 0 bridgehead atoms. The first-order valence-electron chi connectivity index (χ1n) is 8.05. The van der Waals surface area contributed by atoms with Crippen molar-refractivity contribution in [2.24, 2.45) is 5.92 Å². The molecule has 0 radical (unpaired) electrons. The summed E-state index contributed by atoms with van der Waals surface area (Å²) in [5.41, 5.74) is 3.33. The van der Waals surface area contributed by atoms with Crippen LogP contribution in [0.5, 0.6) is 0 Å². The smallest absolute Gasteiger partial charge is 0.0437 e. The van der Waals surface area contributed by atoms with Gasteiger partial charge >= 0.3 is 0 Å². The Labute approximate surface area is 117 Å². The van der Waals surface area contributed by atoms with Crippen molar-refractivity contribution in [3.8, 4) is 0 Å². The lowest BCUT2D eigenvalue weighted by Crippen LogP contribution is -2.38. The molecular formula is C18H27N. The van der Waals surface area contributed by atoms with Crippen molar-refractivity contribution in [3.05, 3.63) is 35.4 Å². The van der Waals surface area contributed by atoms with Crippen molar-refractivity contribution in [3.63, 3.8) is 0 Å². The van der Waals surface area contributed by atoms with Gasteiger partial charge in [-0.1, -0.05) is 44.5 Å². The van der Waals surface area contributed by atoms with Crippen LogP contribution in [0.25, 0.3) is 0 Å². The van der Waals surface area contributed by atoms with E-state index in [2.05, 4.69) is 43.4 Å². The third kappa shape index (κ3) is 2.58. The molecule has 1 saturated carbocycles. The van der Waals surface area contributed by atoms with Gasteiger partial charge in [-0.15, -0.1) is 0 Å². The van der Waals surface area contributed by atoms with E-state index in [1.807, 2.05) is 0 Å². The van der Waals surface area contributed by atoms with Crippen LogP contribution in [-0.2, 0) is 5.54 Å². The van der Waals surface area contributed by atoms with Crippen LogP contribution in [0.2, 0.25) is 0 Å². The van der Waals surface area contributed by atoms with Gasteiger partial charge in [-0.2, -0.15) is 0 Å². The third-order valence-corrected chi connectivity index (χ3v) is 5.04. The van der Waals surface area contributed by atoms with E-state index in [0.717, 1.165) is 11.8 Å². The molecule has 1 unspecified atom stereocenters. The Balaban J connectivity index is 1.81. The summed E-state index contributed by atoms with van der Waals surface area (Å²) in [5.74, 6) is 1.60. The van der Waals surface area contributed by atoms with Gasteiger partial charge in [0.25, 0.3) is 0 Å². The monoisotopic (exact) mass is 257 g/mol. The molecular weight excluding hydrogens is 230 g/mol. The predicted molar refractivity (Wildman–Crippen MR) is 81.4 cm³/mol. The van der Waals surface area contributed by atoms with Crippen molar-refractivity contribution in [1.29, 1.82) is 0 Å². The molecule has 0 spiro atoms. The summed E-state index contributed by atoms with van der Waals surface area (Å²) in [4.78, 5) is 0. The van der Waals surface area contributed by atoms with Crippen molar-refractivity contribution >= 4 is 0 Å². The Morgan fingerprint density at radius 1 is 1.16 bits per heavy atom. The number of hydrogen-bond donors (Lipinski definition) is 1. The Bertz CT molecular complexity index is 408. The van der Waals surface area contributed by atoms with Crippen molar-refractivity contribution in [1.82, 2.24) is 5.32 Å². The summed E-state index contributed by atoms with van der Waals surface area (Å²) >= 11 is 0. The molecule has 1 saturated heterocycles. The SMILES string of the molecule is CC(C)CC1(c2ccc(C3CCC3)cc2)CCCN1. The van der Waals surface area contributed by atoms with Crippen LogP contribution in [-0.4, -0.2) is 6.54 Å². The number of nitrogens with one attached hydrogen (secondary N) is 1. The molecule has 1 heteroatoms. The van der Waals surface area contributed by atoms with Crippen molar-refractivity contribution in [2.45, 2.75) is 63.8 Å². The first-order chi connectivity index (χ1) is 9.20. The largest absolute Gasteiger partial charge is 0.307 e. The van der Waals surface area contributed by atoms with Crippen LogP contribution in [0, 0.1) is 5.92 Å². The normalized spacial score (nSPS) is 27.7. The van der Waals surface area contributed by atoms with Gasteiger partial charge in [0.2, 0.25) is 0 Å². The summed E-state index contributed by atoms with van der Waals surface area (Å²) in [5, 5.41) is 3.79. The Morgan fingerprint density at radius 3 is 2.37 bits per heavy atom. The minimum Gasteiger partial charge on any atom is -0.307 e. The van der Waals surface area contributed by atoms with Crippen LogP contribution in [0.3, 0.4) is 0 Å². The van der Waals surface area contributed by atoms with E-state index in [-0.39, 0.29) is 5.54 Å². The lowest BCUT2D eigenvalue weighted by atomic mass is 9.77. The van der Waals surface area contributed by atoms with Crippen molar-refractivity contribution in [2.75, 3.05) is 6.54 Å². The van der Waals surface area contributed by atoms with Gasteiger partial charge in [0, 0.05) is 5.54 Å². The quantitative estimate of drug-likeness (QED) is 0.832. The summed E-state index contributed by atoms with van der Waals surface area (Å²) in [7, 11) is 0. The van der Waals surface area contributed by atoms with Gasteiger partial charge in [0.05, 0.1) is 0 Å². The Morgan fingerprint density at radius 2 is 1.89 bits per heavy atom. The molecule has 2 aliphatic rings. The van der Waals surface area contributed by atoms with E-state index >= 15 is 0 Å². The maximum absolute atomic E-state index is 3.79. The molecule has 1 heterocycles. The molecule has 0 amide bonds. The first-order valence-corrected chi connectivity index (χ1v) is 8.05. The van der Waals surface area contributed by atoms with Crippen LogP contribution < -0.4 is 5.32 Å². The summed E-state index contributed by atoms with van der Waals surface area (Å²) < 4.78 is 0. The minimum atomic E-state index is 0.256. The molecule has 1 atom stereocenters. The maximum atomic E-state index is 3.79. The summed E-state index contributed by atoms with van der Waals surface area (Å²) in [6.07, 6.45) is 8.09. The molecule has 1 aliphatic carbocycles. The van der Waals surface area contributed by atoms with Crippen molar-refractivity contribution < 1.29 is 0 Å². The Kier molecular flexibility index (Phi) is 3.66. The van der Waals surface area contributed by atoms with Crippen LogP contribution >= 0.6 is 0 Å².